The molecule has 0 unspecified atom stereocenters. The van der Waals surface area contributed by atoms with Crippen molar-refractivity contribution in [3.63, 3.8) is 0 Å². The van der Waals surface area contributed by atoms with Gasteiger partial charge in [-0.1, -0.05) is 19.9 Å². The van der Waals surface area contributed by atoms with Crippen molar-refractivity contribution in [2.75, 3.05) is 24.5 Å². The SMILES string of the molecule is C=CCN(C(=O)c1ccc(F)c(S(=O)(=O)N(CC)CC)c1)c1nc2c(s1)CCCC2. The van der Waals surface area contributed by atoms with Crippen molar-refractivity contribution >= 4 is 32.4 Å². The molecule has 1 aromatic carbocycles. The summed E-state index contributed by atoms with van der Waals surface area (Å²) in [5.74, 6) is -1.31. The summed E-state index contributed by atoms with van der Waals surface area (Å²) >= 11 is 1.48. The third-order valence-corrected chi connectivity index (χ3v) is 8.37. The van der Waals surface area contributed by atoms with Gasteiger partial charge >= 0.3 is 0 Å². The molecule has 162 valence electrons. The van der Waals surface area contributed by atoms with Gasteiger partial charge in [0.1, 0.15) is 10.7 Å². The van der Waals surface area contributed by atoms with E-state index in [9.17, 15) is 17.6 Å². The Bertz CT molecular complexity index is 1020. The molecule has 9 heteroatoms. The number of benzene rings is 1. The van der Waals surface area contributed by atoms with Crippen LogP contribution in [0.25, 0.3) is 0 Å². The van der Waals surface area contributed by atoms with Gasteiger partial charge in [0.15, 0.2) is 5.13 Å². The minimum Gasteiger partial charge on any atom is -0.280 e. The number of aryl methyl sites for hydroxylation is 2. The van der Waals surface area contributed by atoms with Crippen LogP contribution < -0.4 is 4.90 Å². The first-order chi connectivity index (χ1) is 14.3. The summed E-state index contributed by atoms with van der Waals surface area (Å²) in [5, 5.41) is 0.560. The van der Waals surface area contributed by atoms with E-state index in [0.29, 0.717) is 5.13 Å². The Labute approximate surface area is 181 Å². The van der Waals surface area contributed by atoms with E-state index in [-0.39, 0.29) is 25.2 Å². The zero-order valence-electron chi connectivity index (χ0n) is 17.2. The highest BCUT2D eigenvalue weighted by molar-refractivity contribution is 7.89. The number of carbonyl (C=O) groups is 1. The number of carbonyl (C=O) groups excluding carboxylic acids is 1. The average molecular weight is 452 g/mol. The van der Waals surface area contributed by atoms with Gasteiger partial charge in [0.05, 0.1) is 5.69 Å². The van der Waals surface area contributed by atoms with Gasteiger partial charge in [0.2, 0.25) is 10.0 Å². The average Bonchev–Trinajstić information content (AvgIpc) is 3.16. The molecular formula is C21H26FN3O3S2. The van der Waals surface area contributed by atoms with E-state index in [2.05, 4.69) is 11.6 Å². The molecule has 0 saturated heterocycles. The Morgan fingerprint density at radius 3 is 2.60 bits per heavy atom. The van der Waals surface area contributed by atoms with Crippen LogP contribution in [0.2, 0.25) is 0 Å². The predicted molar refractivity (Wildman–Crippen MR) is 117 cm³/mol. The fourth-order valence-corrected chi connectivity index (χ4v) is 6.23. The number of nitrogens with zero attached hydrogens (tertiary/aromatic N) is 3. The molecule has 6 nitrogen and oxygen atoms in total. The smallest absolute Gasteiger partial charge is 0.260 e. The van der Waals surface area contributed by atoms with E-state index in [4.69, 9.17) is 0 Å². The molecule has 30 heavy (non-hydrogen) atoms. The minimum absolute atomic E-state index is 0.0946. The molecular weight excluding hydrogens is 425 g/mol. The van der Waals surface area contributed by atoms with Crippen molar-refractivity contribution in [2.24, 2.45) is 0 Å². The summed E-state index contributed by atoms with van der Waals surface area (Å²) in [6.07, 6.45) is 5.62. The molecule has 0 fully saturated rings. The Kier molecular flexibility index (Phi) is 7.05. The van der Waals surface area contributed by atoms with Gasteiger partial charge in [0, 0.05) is 30.1 Å². The fourth-order valence-electron chi connectivity index (χ4n) is 3.52. The Morgan fingerprint density at radius 1 is 1.27 bits per heavy atom. The first-order valence-corrected chi connectivity index (χ1v) is 12.3. The third-order valence-electron chi connectivity index (χ3n) is 5.12. The fraction of sp³-hybridized carbons (Fsp3) is 0.429. The van der Waals surface area contributed by atoms with Crippen LogP contribution in [0.4, 0.5) is 9.52 Å². The van der Waals surface area contributed by atoms with Crippen LogP contribution in [0.5, 0.6) is 0 Å². The molecule has 1 aliphatic carbocycles. The molecule has 1 aromatic heterocycles. The molecule has 0 atom stereocenters. The molecule has 0 saturated carbocycles. The molecule has 1 aliphatic rings. The lowest BCUT2D eigenvalue weighted by Crippen LogP contribution is -2.33. The van der Waals surface area contributed by atoms with Gasteiger partial charge in [-0.05, 0) is 43.9 Å². The third kappa shape index (κ3) is 4.33. The Hall–Kier alpha value is -2.10. The van der Waals surface area contributed by atoms with Crippen molar-refractivity contribution in [1.29, 1.82) is 0 Å². The molecule has 2 aromatic rings. The standard InChI is InChI=1S/C21H26FN3O3S2/c1-4-13-25(21-23-17-9-7-8-10-18(17)29-21)20(26)15-11-12-16(22)19(14-15)30(27,28)24(5-2)6-3/h4,11-12,14H,1,5-10,13H2,2-3H3. The number of rotatable bonds is 8. The predicted octanol–water partition coefficient (Wildman–Crippen LogP) is 4.02. The van der Waals surface area contributed by atoms with E-state index in [0.717, 1.165) is 47.8 Å². The number of hydrogen-bond acceptors (Lipinski definition) is 5. The molecule has 1 heterocycles. The lowest BCUT2D eigenvalue weighted by molar-refractivity contribution is 0.0989. The maximum atomic E-state index is 14.4. The van der Waals surface area contributed by atoms with E-state index in [1.165, 1.54) is 27.2 Å². The number of sulfonamides is 1. The van der Waals surface area contributed by atoms with Gasteiger partial charge in [-0.25, -0.2) is 17.8 Å². The van der Waals surface area contributed by atoms with Crippen LogP contribution in [0.3, 0.4) is 0 Å². The van der Waals surface area contributed by atoms with E-state index >= 15 is 0 Å². The number of fused-ring (bicyclic) bond motifs is 1. The highest BCUT2D eigenvalue weighted by Gasteiger charge is 2.28. The van der Waals surface area contributed by atoms with Crippen LogP contribution in [-0.4, -0.2) is 43.2 Å². The first-order valence-electron chi connectivity index (χ1n) is 10.0. The van der Waals surface area contributed by atoms with Gasteiger partial charge in [0.25, 0.3) is 5.91 Å². The first kappa shape index (κ1) is 22.6. The quantitative estimate of drug-likeness (QED) is 0.569. The molecule has 0 spiro atoms. The monoisotopic (exact) mass is 451 g/mol. The summed E-state index contributed by atoms with van der Waals surface area (Å²) in [4.78, 5) is 20.1. The molecule has 0 radical (unpaired) electrons. The maximum Gasteiger partial charge on any atom is 0.260 e. The normalized spacial score (nSPS) is 13.9. The molecule has 0 bridgehead atoms. The highest BCUT2D eigenvalue weighted by Crippen LogP contribution is 2.33. The Morgan fingerprint density at radius 2 is 1.97 bits per heavy atom. The lowest BCUT2D eigenvalue weighted by Gasteiger charge is -2.21. The van der Waals surface area contributed by atoms with Crippen LogP contribution in [-0.2, 0) is 22.9 Å². The topological polar surface area (TPSA) is 70.6 Å². The van der Waals surface area contributed by atoms with Crippen LogP contribution in [0.15, 0.2) is 35.7 Å². The zero-order valence-corrected chi connectivity index (χ0v) is 18.9. The molecule has 0 aliphatic heterocycles. The highest BCUT2D eigenvalue weighted by atomic mass is 32.2. The minimum atomic E-state index is -4.04. The van der Waals surface area contributed by atoms with Gasteiger partial charge in [-0.3, -0.25) is 9.69 Å². The van der Waals surface area contributed by atoms with E-state index < -0.39 is 26.6 Å². The van der Waals surface area contributed by atoms with Crippen molar-refractivity contribution in [2.45, 2.75) is 44.4 Å². The van der Waals surface area contributed by atoms with Gasteiger partial charge in [-0.15, -0.1) is 17.9 Å². The molecule has 3 rings (SSSR count). The molecule has 1 amide bonds. The summed E-state index contributed by atoms with van der Waals surface area (Å²) in [6, 6.07) is 3.46. The Balaban J connectivity index is 2.00. The van der Waals surface area contributed by atoms with E-state index in [1.54, 1.807) is 19.9 Å². The lowest BCUT2D eigenvalue weighted by atomic mass is 10.0. The summed E-state index contributed by atoms with van der Waals surface area (Å²) in [5.41, 5.74) is 1.11. The van der Waals surface area contributed by atoms with Gasteiger partial charge < -0.3 is 0 Å². The van der Waals surface area contributed by atoms with Crippen molar-refractivity contribution in [3.05, 3.63) is 52.8 Å². The van der Waals surface area contributed by atoms with Crippen molar-refractivity contribution in [1.82, 2.24) is 9.29 Å². The van der Waals surface area contributed by atoms with Crippen LogP contribution in [0, 0.1) is 5.82 Å². The van der Waals surface area contributed by atoms with Gasteiger partial charge in [-0.2, -0.15) is 4.31 Å². The number of amides is 1. The van der Waals surface area contributed by atoms with Crippen LogP contribution in [0.1, 0.15) is 47.6 Å². The number of aromatic nitrogens is 1. The molecule has 0 N–H and O–H groups in total. The maximum absolute atomic E-state index is 14.4. The largest absolute Gasteiger partial charge is 0.280 e. The zero-order chi connectivity index (χ0) is 21.9. The second-order valence-electron chi connectivity index (χ2n) is 7.01. The second-order valence-corrected chi connectivity index (χ2v) is 9.98. The number of thiazole rings is 1. The summed E-state index contributed by atoms with van der Waals surface area (Å²) in [6.45, 7) is 7.74. The van der Waals surface area contributed by atoms with Crippen LogP contribution >= 0.6 is 11.3 Å². The number of hydrogen-bond donors (Lipinski definition) is 0. The summed E-state index contributed by atoms with van der Waals surface area (Å²) < 4.78 is 41.2. The second kappa shape index (κ2) is 9.36. The number of halogens is 1. The van der Waals surface area contributed by atoms with E-state index in [1.807, 2.05) is 0 Å². The number of anilines is 1. The summed E-state index contributed by atoms with van der Waals surface area (Å²) in [7, 11) is -4.04. The van der Waals surface area contributed by atoms with Crippen molar-refractivity contribution in [3.8, 4) is 0 Å². The van der Waals surface area contributed by atoms with Crippen molar-refractivity contribution < 1.29 is 17.6 Å².